The zero-order valence-electron chi connectivity index (χ0n) is 10.7. The zero-order valence-corrected chi connectivity index (χ0v) is 11.5. The minimum Gasteiger partial charge on any atom is -0.493 e. The van der Waals surface area contributed by atoms with Crippen LogP contribution in [0.15, 0.2) is 12.1 Å². The molecule has 0 aliphatic carbocycles. The third-order valence-corrected chi connectivity index (χ3v) is 2.96. The maximum atomic E-state index is 10.9. The summed E-state index contributed by atoms with van der Waals surface area (Å²) in [4.78, 5) is 10.9. The van der Waals surface area contributed by atoms with Crippen LogP contribution in [0.1, 0.15) is 19.4 Å². The van der Waals surface area contributed by atoms with E-state index in [1.807, 2.05) is 6.92 Å². The van der Waals surface area contributed by atoms with Gasteiger partial charge < -0.3 is 14.6 Å². The number of benzene rings is 1. The van der Waals surface area contributed by atoms with Crippen molar-refractivity contribution < 1.29 is 19.4 Å². The minimum absolute atomic E-state index is 0.306. The van der Waals surface area contributed by atoms with Crippen molar-refractivity contribution in [1.29, 1.82) is 0 Å². The van der Waals surface area contributed by atoms with Gasteiger partial charge in [0.25, 0.3) is 0 Å². The van der Waals surface area contributed by atoms with Crippen molar-refractivity contribution in [3.05, 3.63) is 22.7 Å². The Hall–Kier alpha value is -1.42. The number of hydrogen-bond acceptors (Lipinski definition) is 3. The molecule has 100 valence electrons. The van der Waals surface area contributed by atoms with Crippen molar-refractivity contribution in [3.63, 3.8) is 0 Å². The van der Waals surface area contributed by atoms with Crippen LogP contribution in [0.4, 0.5) is 0 Å². The standard InChI is InChI=1S/C13H17ClO4/c1-4-18-12-9(7-8(2)13(15)16)10(14)5-6-11(12)17-3/h5-6,8H,4,7H2,1-3H3,(H,15,16). The van der Waals surface area contributed by atoms with Gasteiger partial charge in [-0.15, -0.1) is 0 Å². The van der Waals surface area contributed by atoms with Gasteiger partial charge in [-0.25, -0.2) is 0 Å². The number of ether oxygens (including phenoxy) is 2. The highest BCUT2D eigenvalue weighted by molar-refractivity contribution is 6.31. The summed E-state index contributed by atoms with van der Waals surface area (Å²) in [5.41, 5.74) is 0.674. The van der Waals surface area contributed by atoms with Crippen molar-refractivity contribution in [1.82, 2.24) is 0 Å². The minimum atomic E-state index is -0.865. The predicted molar refractivity (Wildman–Crippen MR) is 69.7 cm³/mol. The average molecular weight is 273 g/mol. The molecule has 1 unspecified atom stereocenters. The van der Waals surface area contributed by atoms with Crippen molar-refractivity contribution in [2.75, 3.05) is 13.7 Å². The van der Waals surface area contributed by atoms with E-state index in [4.69, 9.17) is 26.2 Å². The number of hydrogen-bond donors (Lipinski definition) is 1. The number of aliphatic carboxylic acids is 1. The maximum Gasteiger partial charge on any atom is 0.306 e. The van der Waals surface area contributed by atoms with Crippen LogP contribution in [-0.2, 0) is 11.2 Å². The molecule has 0 saturated heterocycles. The van der Waals surface area contributed by atoms with Crippen LogP contribution in [-0.4, -0.2) is 24.8 Å². The number of carboxylic acids is 1. The Morgan fingerprint density at radius 1 is 1.50 bits per heavy atom. The monoisotopic (exact) mass is 272 g/mol. The molecule has 1 N–H and O–H groups in total. The Balaban J connectivity index is 3.17. The first-order chi connectivity index (χ1) is 8.51. The van der Waals surface area contributed by atoms with E-state index in [0.29, 0.717) is 35.1 Å². The lowest BCUT2D eigenvalue weighted by Crippen LogP contribution is -2.13. The van der Waals surface area contributed by atoms with Crippen LogP contribution in [0.3, 0.4) is 0 Å². The van der Waals surface area contributed by atoms with Gasteiger partial charge in [-0.1, -0.05) is 18.5 Å². The summed E-state index contributed by atoms with van der Waals surface area (Å²) >= 11 is 6.11. The highest BCUT2D eigenvalue weighted by atomic mass is 35.5. The van der Waals surface area contributed by atoms with Gasteiger partial charge >= 0.3 is 5.97 Å². The summed E-state index contributed by atoms with van der Waals surface area (Å²) in [6.07, 6.45) is 0.306. The average Bonchev–Trinajstić information content (AvgIpc) is 2.33. The molecule has 0 saturated carbocycles. The third kappa shape index (κ3) is 3.29. The smallest absolute Gasteiger partial charge is 0.306 e. The topological polar surface area (TPSA) is 55.8 Å². The van der Waals surface area contributed by atoms with E-state index in [-0.39, 0.29) is 0 Å². The summed E-state index contributed by atoms with van der Waals surface area (Å²) < 4.78 is 10.7. The maximum absolute atomic E-state index is 10.9. The highest BCUT2D eigenvalue weighted by Crippen LogP contribution is 2.37. The van der Waals surface area contributed by atoms with Crippen molar-refractivity contribution in [2.24, 2.45) is 5.92 Å². The molecule has 4 nitrogen and oxygen atoms in total. The lowest BCUT2D eigenvalue weighted by molar-refractivity contribution is -0.141. The summed E-state index contributed by atoms with van der Waals surface area (Å²) in [6.45, 7) is 3.95. The molecule has 0 spiro atoms. The first kappa shape index (κ1) is 14.6. The van der Waals surface area contributed by atoms with Gasteiger partial charge in [-0.05, 0) is 25.5 Å². The molecule has 0 aliphatic rings. The second-order valence-corrected chi connectivity index (χ2v) is 4.34. The second-order valence-electron chi connectivity index (χ2n) is 3.93. The van der Waals surface area contributed by atoms with Crippen LogP contribution in [0.5, 0.6) is 11.5 Å². The van der Waals surface area contributed by atoms with Crippen LogP contribution >= 0.6 is 11.6 Å². The van der Waals surface area contributed by atoms with Gasteiger partial charge in [0, 0.05) is 10.6 Å². The number of methoxy groups -OCH3 is 1. The molecule has 18 heavy (non-hydrogen) atoms. The summed E-state index contributed by atoms with van der Waals surface area (Å²) in [5.74, 6) is -0.306. The van der Waals surface area contributed by atoms with Gasteiger partial charge in [-0.3, -0.25) is 4.79 Å². The van der Waals surface area contributed by atoms with E-state index in [1.165, 1.54) is 7.11 Å². The predicted octanol–water partition coefficient (Wildman–Crippen LogP) is 3.01. The highest BCUT2D eigenvalue weighted by Gasteiger charge is 2.20. The Labute approximate surface area is 111 Å². The fourth-order valence-electron chi connectivity index (χ4n) is 1.63. The van der Waals surface area contributed by atoms with Crippen molar-refractivity contribution in [2.45, 2.75) is 20.3 Å². The van der Waals surface area contributed by atoms with E-state index in [9.17, 15) is 4.79 Å². The van der Waals surface area contributed by atoms with E-state index in [0.717, 1.165) is 0 Å². The summed E-state index contributed by atoms with van der Waals surface area (Å²) in [6, 6.07) is 3.40. The van der Waals surface area contributed by atoms with Crippen LogP contribution in [0.2, 0.25) is 5.02 Å². The zero-order chi connectivity index (χ0) is 13.7. The van der Waals surface area contributed by atoms with E-state index < -0.39 is 11.9 Å². The Kier molecular flexibility index (Phi) is 5.28. The molecule has 0 bridgehead atoms. The van der Waals surface area contributed by atoms with E-state index in [1.54, 1.807) is 19.1 Å². The van der Waals surface area contributed by atoms with Crippen LogP contribution in [0.25, 0.3) is 0 Å². The molecule has 1 rings (SSSR count). The molecule has 0 aliphatic heterocycles. The Bertz CT molecular complexity index is 431. The van der Waals surface area contributed by atoms with Crippen molar-refractivity contribution in [3.8, 4) is 11.5 Å². The molecule has 1 aromatic rings. The molecule has 0 fully saturated rings. The van der Waals surface area contributed by atoms with Gasteiger partial charge in [0.1, 0.15) is 0 Å². The van der Waals surface area contributed by atoms with Crippen molar-refractivity contribution >= 4 is 17.6 Å². The first-order valence-electron chi connectivity index (χ1n) is 5.72. The number of carboxylic acid groups (broad SMARTS) is 1. The SMILES string of the molecule is CCOc1c(OC)ccc(Cl)c1CC(C)C(=O)O. The quantitative estimate of drug-likeness (QED) is 0.865. The molecule has 1 atom stereocenters. The molecule has 0 radical (unpaired) electrons. The molecule has 0 amide bonds. The lowest BCUT2D eigenvalue weighted by Gasteiger charge is -2.16. The number of halogens is 1. The number of carbonyl (C=O) groups is 1. The molecule has 0 aromatic heterocycles. The van der Waals surface area contributed by atoms with E-state index >= 15 is 0 Å². The molecular formula is C13H17ClO4. The van der Waals surface area contributed by atoms with Crippen LogP contribution < -0.4 is 9.47 Å². The molecule has 1 aromatic carbocycles. The van der Waals surface area contributed by atoms with Crippen LogP contribution in [0, 0.1) is 5.92 Å². The van der Waals surface area contributed by atoms with Gasteiger partial charge in [-0.2, -0.15) is 0 Å². The molecular weight excluding hydrogens is 256 g/mol. The van der Waals surface area contributed by atoms with E-state index in [2.05, 4.69) is 0 Å². The Morgan fingerprint density at radius 2 is 2.17 bits per heavy atom. The fourth-order valence-corrected chi connectivity index (χ4v) is 1.86. The normalized spacial score (nSPS) is 12.0. The largest absolute Gasteiger partial charge is 0.493 e. The van der Waals surface area contributed by atoms with Gasteiger partial charge in [0.05, 0.1) is 19.6 Å². The van der Waals surface area contributed by atoms with Gasteiger partial charge in [0.15, 0.2) is 11.5 Å². The number of rotatable bonds is 6. The first-order valence-corrected chi connectivity index (χ1v) is 6.10. The molecule has 5 heteroatoms. The summed E-state index contributed by atoms with van der Waals surface area (Å²) in [7, 11) is 1.54. The fraction of sp³-hybridized carbons (Fsp3) is 0.462. The second kappa shape index (κ2) is 6.50. The summed E-state index contributed by atoms with van der Waals surface area (Å²) in [5, 5.41) is 9.46. The Morgan fingerprint density at radius 3 is 2.67 bits per heavy atom. The van der Waals surface area contributed by atoms with Gasteiger partial charge in [0.2, 0.25) is 0 Å². The third-order valence-electron chi connectivity index (χ3n) is 2.61. The lowest BCUT2D eigenvalue weighted by atomic mass is 10.00. The molecule has 0 heterocycles.